The van der Waals surface area contributed by atoms with E-state index in [1.54, 1.807) is 13.0 Å². The maximum atomic E-state index is 12.4. The van der Waals surface area contributed by atoms with E-state index in [9.17, 15) is 9.59 Å². The van der Waals surface area contributed by atoms with Crippen molar-refractivity contribution in [1.82, 2.24) is 5.16 Å². The molecule has 2 atom stereocenters. The number of hydrogen-bond acceptors (Lipinski definition) is 7. The summed E-state index contributed by atoms with van der Waals surface area (Å²) in [7, 11) is 1.43. The molecule has 0 unspecified atom stereocenters. The lowest BCUT2D eigenvalue weighted by atomic mass is 9.80. The van der Waals surface area contributed by atoms with Gasteiger partial charge >= 0.3 is 12.1 Å². The van der Waals surface area contributed by atoms with E-state index in [4.69, 9.17) is 30.3 Å². The summed E-state index contributed by atoms with van der Waals surface area (Å²) in [6.07, 6.45) is 3.80. The first kappa shape index (κ1) is 26.5. The molecule has 1 heterocycles. The highest BCUT2D eigenvalue weighted by atomic mass is 35.5. The molecule has 9 heteroatoms. The number of nitrogens with one attached hydrogen (secondary N) is 1. The number of halogens is 1. The molecule has 37 heavy (non-hydrogen) atoms. The third-order valence-corrected chi connectivity index (χ3v) is 7.01. The minimum Gasteiger partial charge on any atom is -0.493 e. The van der Waals surface area contributed by atoms with Gasteiger partial charge in [-0.1, -0.05) is 47.8 Å². The number of nitrogens with zero attached hydrogens (tertiary/aromatic N) is 1. The van der Waals surface area contributed by atoms with Crippen molar-refractivity contribution in [2.45, 2.75) is 39.0 Å². The van der Waals surface area contributed by atoms with Crippen LogP contribution in [0.5, 0.6) is 5.75 Å². The van der Waals surface area contributed by atoms with Crippen molar-refractivity contribution in [2.24, 2.45) is 11.8 Å². The summed E-state index contributed by atoms with van der Waals surface area (Å²) in [5, 5.41) is 7.37. The zero-order valence-electron chi connectivity index (χ0n) is 21.0. The van der Waals surface area contributed by atoms with E-state index in [0.717, 1.165) is 36.8 Å². The van der Waals surface area contributed by atoms with Crippen molar-refractivity contribution in [1.29, 1.82) is 0 Å². The molecule has 0 radical (unpaired) electrons. The number of aryl methyl sites for hydroxylation is 1. The molecule has 0 spiro atoms. The Morgan fingerprint density at radius 1 is 1.11 bits per heavy atom. The number of rotatable bonds is 9. The van der Waals surface area contributed by atoms with Gasteiger partial charge in [0, 0.05) is 22.9 Å². The van der Waals surface area contributed by atoms with Crippen LogP contribution in [-0.2, 0) is 20.7 Å². The van der Waals surface area contributed by atoms with Crippen molar-refractivity contribution in [3.05, 3.63) is 64.8 Å². The van der Waals surface area contributed by atoms with E-state index in [1.165, 1.54) is 7.11 Å². The molecule has 0 aliphatic heterocycles. The Bertz CT molecular complexity index is 1210. The molecule has 1 amide bonds. The van der Waals surface area contributed by atoms with Gasteiger partial charge in [0.1, 0.15) is 17.1 Å². The quantitative estimate of drug-likeness (QED) is 0.320. The Labute approximate surface area is 221 Å². The maximum absolute atomic E-state index is 12.4. The molecule has 3 aromatic rings. The highest BCUT2D eigenvalue weighted by Crippen LogP contribution is 2.34. The van der Waals surface area contributed by atoms with E-state index in [1.807, 2.05) is 42.5 Å². The zero-order chi connectivity index (χ0) is 26.2. The van der Waals surface area contributed by atoms with Gasteiger partial charge in [-0.2, -0.15) is 0 Å². The normalized spacial score (nSPS) is 17.2. The fourth-order valence-electron chi connectivity index (χ4n) is 4.58. The first-order chi connectivity index (χ1) is 18.0. The van der Waals surface area contributed by atoms with Crippen LogP contribution < -0.4 is 10.1 Å². The minimum atomic E-state index is -0.604. The predicted molar refractivity (Wildman–Crippen MR) is 140 cm³/mol. The average Bonchev–Trinajstić information content (AvgIpc) is 3.28. The van der Waals surface area contributed by atoms with Gasteiger partial charge in [-0.3, -0.25) is 10.1 Å². The van der Waals surface area contributed by atoms with Crippen molar-refractivity contribution in [2.75, 3.05) is 25.6 Å². The van der Waals surface area contributed by atoms with Crippen molar-refractivity contribution >= 4 is 29.4 Å². The van der Waals surface area contributed by atoms with Gasteiger partial charge in [-0.25, -0.2) is 4.79 Å². The summed E-state index contributed by atoms with van der Waals surface area (Å²) in [5.41, 5.74) is 2.61. The monoisotopic (exact) mass is 526 g/mol. The van der Waals surface area contributed by atoms with Crippen molar-refractivity contribution in [3.63, 3.8) is 0 Å². The van der Waals surface area contributed by atoms with Crippen LogP contribution in [0.25, 0.3) is 11.3 Å². The molecule has 1 aliphatic rings. The Morgan fingerprint density at radius 3 is 2.62 bits per heavy atom. The van der Waals surface area contributed by atoms with E-state index >= 15 is 0 Å². The lowest BCUT2D eigenvalue weighted by Gasteiger charge is -2.29. The molecule has 1 N–H and O–H groups in total. The number of hydrogen-bond donors (Lipinski definition) is 1. The van der Waals surface area contributed by atoms with Crippen LogP contribution in [0.15, 0.2) is 53.1 Å². The number of anilines is 1. The summed E-state index contributed by atoms with van der Waals surface area (Å²) in [6.45, 7) is 2.37. The Morgan fingerprint density at radius 2 is 1.86 bits per heavy atom. The van der Waals surface area contributed by atoms with Gasteiger partial charge in [0.2, 0.25) is 0 Å². The zero-order valence-corrected chi connectivity index (χ0v) is 21.8. The number of esters is 1. The first-order valence-corrected chi connectivity index (χ1v) is 12.8. The highest BCUT2D eigenvalue weighted by molar-refractivity contribution is 6.31. The molecule has 1 fully saturated rings. The van der Waals surface area contributed by atoms with Crippen LogP contribution in [0.3, 0.4) is 0 Å². The van der Waals surface area contributed by atoms with Crippen LogP contribution in [0, 0.1) is 18.8 Å². The summed E-state index contributed by atoms with van der Waals surface area (Å²) < 4.78 is 21.8. The molecule has 0 saturated heterocycles. The third-order valence-electron chi connectivity index (χ3n) is 6.65. The number of carbonyl (C=O) groups excluding carboxylic acids is 2. The second-order valence-electron chi connectivity index (χ2n) is 9.08. The molecule has 1 aliphatic carbocycles. The van der Waals surface area contributed by atoms with E-state index in [0.29, 0.717) is 40.9 Å². The summed E-state index contributed by atoms with van der Waals surface area (Å²) in [4.78, 5) is 24.5. The maximum Gasteiger partial charge on any atom is 0.411 e. The fourth-order valence-corrected chi connectivity index (χ4v) is 4.81. The van der Waals surface area contributed by atoms with Crippen LogP contribution in [0.1, 0.15) is 36.9 Å². The van der Waals surface area contributed by atoms with Gasteiger partial charge in [0.25, 0.3) is 0 Å². The van der Waals surface area contributed by atoms with E-state index in [2.05, 4.69) is 10.5 Å². The number of benzene rings is 2. The van der Waals surface area contributed by atoms with Crippen molar-refractivity contribution in [3.8, 4) is 17.1 Å². The number of ether oxygens (including phenoxy) is 3. The number of methoxy groups -OCH3 is 1. The first-order valence-electron chi connectivity index (χ1n) is 12.4. The number of carbonyl (C=O) groups is 2. The molecule has 196 valence electrons. The third kappa shape index (κ3) is 6.83. The molecular formula is C28H31ClN2O6. The lowest BCUT2D eigenvalue weighted by Crippen LogP contribution is -2.32. The summed E-state index contributed by atoms with van der Waals surface area (Å²) in [6, 6.07) is 14.8. The summed E-state index contributed by atoms with van der Waals surface area (Å²) in [5.74, 6) is 0.963. The van der Waals surface area contributed by atoms with Gasteiger partial charge < -0.3 is 18.7 Å². The van der Waals surface area contributed by atoms with E-state index in [-0.39, 0.29) is 24.4 Å². The standard InChI is InChI=1S/C28H31ClN2O6/c1-18-25(30-28(33)35-16-15-19-7-4-6-10-24(19)29)26(37-31-18)20-11-13-22(14-12-20)36-17-21-8-3-5-9-23(21)27(32)34-2/h4,6-7,10-14,21,23H,3,5,8-9,15-17H2,1-2H3,(H,30,33)/t21-,23+/m0/s1. The van der Waals surface area contributed by atoms with Crippen LogP contribution in [0.2, 0.25) is 5.02 Å². The molecule has 1 aromatic heterocycles. The minimum absolute atomic E-state index is 0.117. The molecule has 2 aromatic carbocycles. The van der Waals surface area contributed by atoms with Gasteiger partial charge in [0.15, 0.2) is 5.76 Å². The van der Waals surface area contributed by atoms with Crippen LogP contribution in [-0.4, -0.2) is 37.5 Å². The average molecular weight is 527 g/mol. The molecule has 0 bridgehead atoms. The second-order valence-corrected chi connectivity index (χ2v) is 9.49. The molecular weight excluding hydrogens is 496 g/mol. The number of amides is 1. The molecule has 8 nitrogen and oxygen atoms in total. The predicted octanol–water partition coefficient (Wildman–Crippen LogP) is 6.45. The van der Waals surface area contributed by atoms with Crippen molar-refractivity contribution < 1.29 is 28.3 Å². The molecule has 1 saturated carbocycles. The highest BCUT2D eigenvalue weighted by Gasteiger charge is 2.32. The van der Waals surface area contributed by atoms with Crippen LogP contribution in [0.4, 0.5) is 10.5 Å². The van der Waals surface area contributed by atoms with Gasteiger partial charge in [-0.05, 0) is 55.7 Å². The fraction of sp³-hybridized carbons (Fsp3) is 0.393. The SMILES string of the molecule is COC(=O)[C@@H]1CCCC[C@H]1COc1ccc(-c2onc(C)c2NC(=O)OCCc2ccccc2Cl)cc1. The van der Waals surface area contributed by atoms with Gasteiger partial charge in [-0.15, -0.1) is 0 Å². The summed E-state index contributed by atoms with van der Waals surface area (Å²) >= 11 is 6.16. The molecule has 4 rings (SSSR count). The topological polar surface area (TPSA) is 99.9 Å². The Kier molecular flexibility index (Phi) is 9.06. The number of aromatic nitrogens is 1. The Balaban J connectivity index is 1.34. The largest absolute Gasteiger partial charge is 0.493 e. The second kappa shape index (κ2) is 12.6. The van der Waals surface area contributed by atoms with Gasteiger partial charge in [0.05, 0.1) is 26.2 Å². The Hall–Kier alpha value is -3.52. The smallest absolute Gasteiger partial charge is 0.411 e. The lowest BCUT2D eigenvalue weighted by molar-refractivity contribution is -0.149. The van der Waals surface area contributed by atoms with Crippen LogP contribution >= 0.6 is 11.6 Å². The van der Waals surface area contributed by atoms with E-state index < -0.39 is 6.09 Å².